The van der Waals surface area contributed by atoms with Gasteiger partial charge in [0.1, 0.15) is 0 Å². The van der Waals surface area contributed by atoms with E-state index in [1.54, 1.807) is 12.1 Å². The standard InChI is InChI=1S/C14H14Cl2O2S/c15-11-3-1-2-10(6-11)14(8-17,9-18)7-12-4-5-13(16)19-12/h1-6,17-18H,7-9H2. The lowest BCUT2D eigenvalue weighted by Gasteiger charge is -2.30. The van der Waals surface area contributed by atoms with E-state index in [9.17, 15) is 10.2 Å². The summed E-state index contributed by atoms with van der Waals surface area (Å²) in [6, 6.07) is 11.0. The molecular weight excluding hydrogens is 303 g/mol. The van der Waals surface area contributed by atoms with Gasteiger partial charge in [-0.15, -0.1) is 11.3 Å². The number of thiophene rings is 1. The largest absolute Gasteiger partial charge is 0.395 e. The van der Waals surface area contributed by atoms with Crippen molar-refractivity contribution >= 4 is 34.5 Å². The molecule has 1 aromatic heterocycles. The highest BCUT2D eigenvalue weighted by molar-refractivity contribution is 7.16. The number of hydrogen-bond acceptors (Lipinski definition) is 3. The number of aliphatic hydroxyl groups is 2. The lowest BCUT2D eigenvalue weighted by atomic mass is 9.78. The summed E-state index contributed by atoms with van der Waals surface area (Å²) in [5.41, 5.74) is 0.0912. The highest BCUT2D eigenvalue weighted by atomic mass is 35.5. The molecule has 0 unspecified atom stereocenters. The van der Waals surface area contributed by atoms with Crippen LogP contribution in [0.1, 0.15) is 10.4 Å². The zero-order chi connectivity index (χ0) is 13.9. The maximum absolute atomic E-state index is 9.76. The molecule has 0 saturated carbocycles. The maximum atomic E-state index is 9.76. The van der Waals surface area contributed by atoms with E-state index in [4.69, 9.17) is 23.2 Å². The van der Waals surface area contributed by atoms with Crippen LogP contribution in [0.4, 0.5) is 0 Å². The number of benzene rings is 1. The summed E-state index contributed by atoms with van der Waals surface area (Å²) in [5, 5.41) is 20.1. The van der Waals surface area contributed by atoms with Gasteiger partial charge in [-0.3, -0.25) is 0 Å². The van der Waals surface area contributed by atoms with Crippen LogP contribution >= 0.6 is 34.5 Å². The fourth-order valence-electron chi connectivity index (χ4n) is 2.05. The Hall–Kier alpha value is -0.580. The Bertz CT molecular complexity index is 550. The van der Waals surface area contributed by atoms with E-state index >= 15 is 0 Å². The minimum Gasteiger partial charge on any atom is -0.395 e. The topological polar surface area (TPSA) is 40.5 Å². The second-order valence-electron chi connectivity index (χ2n) is 4.49. The fraction of sp³-hybridized carbons (Fsp3) is 0.286. The van der Waals surface area contributed by atoms with Crippen molar-refractivity contribution < 1.29 is 10.2 Å². The quantitative estimate of drug-likeness (QED) is 0.886. The SMILES string of the molecule is OCC(CO)(Cc1ccc(Cl)s1)c1cccc(Cl)c1. The Morgan fingerprint density at radius 3 is 2.32 bits per heavy atom. The van der Waals surface area contributed by atoms with Crippen LogP contribution in [0.2, 0.25) is 9.36 Å². The van der Waals surface area contributed by atoms with Gasteiger partial charge >= 0.3 is 0 Å². The third-order valence-corrected chi connectivity index (χ3v) is 4.65. The third-order valence-electron chi connectivity index (χ3n) is 3.18. The van der Waals surface area contributed by atoms with Crippen molar-refractivity contribution in [2.24, 2.45) is 0 Å². The van der Waals surface area contributed by atoms with E-state index in [0.717, 1.165) is 10.4 Å². The van der Waals surface area contributed by atoms with Crippen LogP contribution in [0.25, 0.3) is 0 Å². The molecule has 0 aliphatic heterocycles. The maximum Gasteiger partial charge on any atom is 0.0931 e. The van der Waals surface area contributed by atoms with Crippen LogP contribution in [0.3, 0.4) is 0 Å². The van der Waals surface area contributed by atoms with E-state index in [1.165, 1.54) is 11.3 Å². The van der Waals surface area contributed by atoms with Crippen molar-refractivity contribution in [1.29, 1.82) is 0 Å². The van der Waals surface area contributed by atoms with Crippen LogP contribution < -0.4 is 0 Å². The lowest BCUT2D eigenvalue weighted by molar-refractivity contribution is 0.117. The van der Waals surface area contributed by atoms with Gasteiger partial charge in [-0.05, 0) is 36.2 Å². The van der Waals surface area contributed by atoms with Crippen molar-refractivity contribution in [3.05, 3.63) is 56.2 Å². The second-order valence-corrected chi connectivity index (χ2v) is 6.73. The van der Waals surface area contributed by atoms with Crippen molar-refractivity contribution in [3.8, 4) is 0 Å². The molecule has 0 aliphatic carbocycles. The summed E-state index contributed by atoms with van der Waals surface area (Å²) < 4.78 is 0.700. The van der Waals surface area contributed by atoms with Gasteiger partial charge in [0.2, 0.25) is 0 Å². The first-order valence-corrected chi connectivity index (χ1v) is 7.39. The molecule has 0 amide bonds. The first kappa shape index (κ1) is 14.8. The van der Waals surface area contributed by atoms with Gasteiger partial charge in [-0.2, -0.15) is 0 Å². The van der Waals surface area contributed by atoms with Crippen molar-refractivity contribution in [3.63, 3.8) is 0 Å². The summed E-state index contributed by atoms with van der Waals surface area (Å²) in [6.07, 6.45) is 0.526. The van der Waals surface area contributed by atoms with Crippen LogP contribution in [0.5, 0.6) is 0 Å². The molecule has 0 spiro atoms. The predicted molar refractivity (Wildman–Crippen MR) is 80.3 cm³/mol. The van der Waals surface area contributed by atoms with Gasteiger partial charge in [0.25, 0.3) is 0 Å². The van der Waals surface area contributed by atoms with Crippen molar-refractivity contribution in [2.45, 2.75) is 11.8 Å². The molecule has 0 atom stereocenters. The molecule has 0 fully saturated rings. The van der Waals surface area contributed by atoms with E-state index in [-0.39, 0.29) is 13.2 Å². The van der Waals surface area contributed by atoms with E-state index in [0.29, 0.717) is 15.8 Å². The van der Waals surface area contributed by atoms with Crippen LogP contribution in [-0.2, 0) is 11.8 Å². The Kier molecular flexibility index (Phi) is 4.87. The van der Waals surface area contributed by atoms with Gasteiger partial charge in [0.05, 0.1) is 17.6 Å². The molecule has 2 nitrogen and oxygen atoms in total. The Morgan fingerprint density at radius 2 is 1.79 bits per heavy atom. The summed E-state index contributed by atoms with van der Waals surface area (Å²) in [5.74, 6) is 0. The first-order chi connectivity index (χ1) is 9.09. The Labute approximate surface area is 126 Å². The average molecular weight is 317 g/mol. The van der Waals surface area contributed by atoms with Crippen LogP contribution in [0, 0.1) is 0 Å². The highest BCUT2D eigenvalue weighted by Crippen LogP contribution is 2.33. The minimum absolute atomic E-state index is 0.153. The molecule has 2 rings (SSSR count). The summed E-state index contributed by atoms with van der Waals surface area (Å²) in [7, 11) is 0. The lowest BCUT2D eigenvalue weighted by Crippen LogP contribution is -2.37. The summed E-state index contributed by atoms with van der Waals surface area (Å²) in [6.45, 7) is -0.307. The zero-order valence-electron chi connectivity index (χ0n) is 10.1. The number of rotatable bonds is 5. The number of hydrogen-bond donors (Lipinski definition) is 2. The van der Waals surface area contributed by atoms with Gasteiger partial charge in [0.15, 0.2) is 0 Å². The molecular formula is C14H14Cl2O2S. The molecule has 0 saturated heterocycles. The Balaban J connectivity index is 2.37. The van der Waals surface area contributed by atoms with E-state index in [1.807, 2.05) is 24.3 Å². The van der Waals surface area contributed by atoms with E-state index in [2.05, 4.69) is 0 Å². The van der Waals surface area contributed by atoms with Crippen molar-refractivity contribution in [2.75, 3.05) is 13.2 Å². The van der Waals surface area contributed by atoms with Crippen molar-refractivity contribution in [1.82, 2.24) is 0 Å². The first-order valence-electron chi connectivity index (χ1n) is 5.81. The third kappa shape index (κ3) is 3.30. The summed E-state index contributed by atoms with van der Waals surface area (Å²) >= 11 is 13.4. The average Bonchev–Trinajstić information content (AvgIpc) is 2.81. The monoisotopic (exact) mass is 316 g/mol. The van der Waals surface area contributed by atoms with Gasteiger partial charge in [-0.1, -0.05) is 35.3 Å². The number of aliphatic hydroxyl groups excluding tert-OH is 2. The molecule has 19 heavy (non-hydrogen) atoms. The Morgan fingerprint density at radius 1 is 1.05 bits per heavy atom. The smallest absolute Gasteiger partial charge is 0.0931 e. The van der Waals surface area contributed by atoms with Gasteiger partial charge < -0.3 is 10.2 Å². The van der Waals surface area contributed by atoms with Crippen LogP contribution in [-0.4, -0.2) is 23.4 Å². The molecule has 0 radical (unpaired) electrons. The minimum atomic E-state index is -0.737. The van der Waals surface area contributed by atoms with Gasteiger partial charge in [-0.25, -0.2) is 0 Å². The summed E-state index contributed by atoms with van der Waals surface area (Å²) in [4.78, 5) is 1.02. The second kappa shape index (κ2) is 6.25. The molecule has 1 aromatic carbocycles. The molecule has 0 aliphatic rings. The highest BCUT2D eigenvalue weighted by Gasteiger charge is 2.32. The number of halogens is 2. The fourth-order valence-corrected chi connectivity index (χ4v) is 3.47. The molecule has 2 N–H and O–H groups in total. The zero-order valence-corrected chi connectivity index (χ0v) is 12.5. The molecule has 2 aromatic rings. The van der Waals surface area contributed by atoms with Crippen LogP contribution in [0.15, 0.2) is 36.4 Å². The molecule has 0 bridgehead atoms. The predicted octanol–water partition coefficient (Wildman–Crippen LogP) is 3.52. The molecule has 1 heterocycles. The van der Waals surface area contributed by atoms with Gasteiger partial charge in [0, 0.05) is 15.3 Å². The normalized spacial score (nSPS) is 11.8. The van der Waals surface area contributed by atoms with E-state index < -0.39 is 5.41 Å². The molecule has 102 valence electrons. The molecule has 5 heteroatoms.